The molecule has 5 nitrogen and oxygen atoms in total. The van der Waals surface area contributed by atoms with Crippen LogP contribution in [0.4, 0.5) is 0 Å². The number of carbonyl (C=O) groups is 1. The van der Waals surface area contributed by atoms with Gasteiger partial charge in [-0.1, -0.05) is 36.4 Å². The molecular weight excluding hydrogens is 302 g/mol. The van der Waals surface area contributed by atoms with Crippen molar-refractivity contribution < 1.29 is 18.0 Å². The first-order chi connectivity index (χ1) is 10.5. The number of hydroxylamine groups is 2. The Morgan fingerprint density at radius 1 is 1.05 bits per heavy atom. The molecule has 2 aromatic carbocycles. The summed E-state index contributed by atoms with van der Waals surface area (Å²) in [4.78, 5) is 17.3. The highest BCUT2D eigenvalue weighted by atomic mass is 32.2. The second kappa shape index (κ2) is 6.72. The number of rotatable bonds is 5. The zero-order valence-electron chi connectivity index (χ0n) is 12.4. The third-order valence-corrected chi connectivity index (χ3v) is 4.94. The molecular formula is C16H17NO4S. The van der Waals surface area contributed by atoms with Crippen LogP contribution in [0.2, 0.25) is 0 Å². The van der Waals surface area contributed by atoms with E-state index in [1.807, 2.05) is 0 Å². The van der Waals surface area contributed by atoms with Gasteiger partial charge in [0.25, 0.3) is 5.91 Å². The van der Waals surface area contributed by atoms with Crippen molar-refractivity contribution in [1.82, 2.24) is 5.06 Å². The second-order valence-electron chi connectivity index (χ2n) is 4.71. The van der Waals surface area contributed by atoms with Crippen molar-refractivity contribution in [1.29, 1.82) is 0 Å². The molecule has 0 unspecified atom stereocenters. The predicted octanol–water partition coefficient (Wildman–Crippen LogP) is 2.29. The van der Waals surface area contributed by atoms with Crippen molar-refractivity contribution >= 4 is 15.7 Å². The van der Waals surface area contributed by atoms with Crippen molar-refractivity contribution in [3.8, 4) is 0 Å². The Kier molecular flexibility index (Phi) is 4.95. The first-order valence-electron chi connectivity index (χ1n) is 6.63. The molecule has 0 aliphatic heterocycles. The fraction of sp³-hybridized carbons (Fsp3) is 0.188. The third kappa shape index (κ3) is 3.52. The van der Waals surface area contributed by atoms with E-state index in [2.05, 4.69) is 0 Å². The first kappa shape index (κ1) is 16.2. The van der Waals surface area contributed by atoms with Gasteiger partial charge in [0.1, 0.15) is 0 Å². The molecule has 0 saturated heterocycles. The lowest BCUT2D eigenvalue weighted by molar-refractivity contribution is -0.0757. The molecule has 0 saturated carbocycles. The minimum Gasteiger partial charge on any atom is -0.274 e. The Bertz CT molecular complexity index is 757. The summed E-state index contributed by atoms with van der Waals surface area (Å²) in [6.07, 6.45) is 0. The zero-order valence-corrected chi connectivity index (χ0v) is 13.2. The number of carbonyl (C=O) groups excluding carboxylic acids is 1. The van der Waals surface area contributed by atoms with Gasteiger partial charge in [-0.05, 0) is 23.8 Å². The quantitative estimate of drug-likeness (QED) is 0.793. The van der Waals surface area contributed by atoms with Gasteiger partial charge in [0.15, 0.2) is 9.84 Å². The smallest absolute Gasteiger partial charge is 0.274 e. The van der Waals surface area contributed by atoms with Gasteiger partial charge >= 0.3 is 0 Å². The maximum atomic E-state index is 12.5. The molecule has 0 aromatic heterocycles. The lowest BCUT2D eigenvalue weighted by atomic mass is 10.1. The van der Waals surface area contributed by atoms with Crippen LogP contribution in [0.25, 0.3) is 0 Å². The molecule has 116 valence electrons. The van der Waals surface area contributed by atoms with Crippen LogP contribution in [-0.4, -0.2) is 33.5 Å². The Balaban J connectivity index is 2.37. The van der Waals surface area contributed by atoms with Gasteiger partial charge < -0.3 is 0 Å². The van der Waals surface area contributed by atoms with E-state index in [9.17, 15) is 13.2 Å². The number of hydrogen-bond acceptors (Lipinski definition) is 4. The van der Waals surface area contributed by atoms with Gasteiger partial charge in [0.05, 0.1) is 17.8 Å². The molecule has 0 aliphatic rings. The molecule has 2 rings (SSSR count). The Morgan fingerprint density at radius 3 is 2.27 bits per heavy atom. The summed E-state index contributed by atoms with van der Waals surface area (Å²) >= 11 is 0. The Hall–Kier alpha value is -2.18. The van der Waals surface area contributed by atoms with Crippen LogP contribution in [0.5, 0.6) is 0 Å². The van der Waals surface area contributed by atoms with Crippen LogP contribution in [-0.2, 0) is 20.4 Å². The number of hydrogen-bond donors (Lipinski definition) is 0. The van der Waals surface area contributed by atoms with Gasteiger partial charge in [-0.2, -0.15) is 0 Å². The number of amides is 1. The van der Waals surface area contributed by atoms with Crippen LogP contribution in [0.1, 0.15) is 15.9 Å². The van der Waals surface area contributed by atoms with Crippen LogP contribution < -0.4 is 0 Å². The monoisotopic (exact) mass is 319 g/mol. The van der Waals surface area contributed by atoms with E-state index in [1.54, 1.807) is 54.6 Å². The fourth-order valence-corrected chi connectivity index (χ4v) is 3.42. The van der Waals surface area contributed by atoms with Crippen molar-refractivity contribution in [2.45, 2.75) is 10.6 Å². The van der Waals surface area contributed by atoms with E-state index in [0.717, 1.165) is 5.06 Å². The number of benzene rings is 2. The van der Waals surface area contributed by atoms with Gasteiger partial charge in [0.2, 0.25) is 0 Å². The molecule has 22 heavy (non-hydrogen) atoms. The highest BCUT2D eigenvalue weighted by Gasteiger charge is 2.21. The SMILES string of the molecule is CON(C)C(=O)c1ccccc1CS(=O)(=O)c1ccccc1. The third-order valence-electron chi connectivity index (χ3n) is 3.26. The maximum absolute atomic E-state index is 12.5. The highest BCUT2D eigenvalue weighted by Crippen LogP contribution is 2.19. The largest absolute Gasteiger partial charge is 0.277 e. The van der Waals surface area contributed by atoms with Crippen LogP contribution in [0.15, 0.2) is 59.5 Å². The minimum atomic E-state index is -3.51. The second-order valence-corrected chi connectivity index (χ2v) is 6.70. The van der Waals surface area contributed by atoms with Gasteiger partial charge in [-0.3, -0.25) is 9.63 Å². The molecule has 2 aromatic rings. The Labute approximate surface area is 130 Å². The average molecular weight is 319 g/mol. The van der Waals surface area contributed by atoms with Crippen molar-refractivity contribution in [2.24, 2.45) is 0 Å². The lowest BCUT2D eigenvalue weighted by Crippen LogP contribution is -2.26. The minimum absolute atomic E-state index is 0.234. The van der Waals surface area contributed by atoms with Gasteiger partial charge in [-0.15, -0.1) is 0 Å². The summed E-state index contributed by atoms with van der Waals surface area (Å²) in [6, 6.07) is 14.8. The van der Waals surface area contributed by atoms with E-state index in [-0.39, 0.29) is 16.6 Å². The molecule has 1 amide bonds. The Morgan fingerprint density at radius 2 is 1.64 bits per heavy atom. The highest BCUT2D eigenvalue weighted by molar-refractivity contribution is 7.90. The molecule has 0 radical (unpaired) electrons. The molecule has 0 fully saturated rings. The van der Waals surface area contributed by atoms with E-state index >= 15 is 0 Å². The molecule has 0 bridgehead atoms. The molecule has 0 aliphatic carbocycles. The topological polar surface area (TPSA) is 63.7 Å². The van der Waals surface area contributed by atoms with Crippen molar-refractivity contribution in [2.75, 3.05) is 14.2 Å². The summed E-state index contributed by atoms with van der Waals surface area (Å²) in [5.41, 5.74) is 0.756. The summed E-state index contributed by atoms with van der Waals surface area (Å²) in [5, 5.41) is 1.06. The van der Waals surface area contributed by atoms with Gasteiger partial charge in [0, 0.05) is 12.6 Å². The average Bonchev–Trinajstić information content (AvgIpc) is 2.54. The van der Waals surface area contributed by atoms with Crippen molar-refractivity contribution in [3.63, 3.8) is 0 Å². The first-order valence-corrected chi connectivity index (χ1v) is 8.29. The van der Waals surface area contributed by atoms with Crippen LogP contribution >= 0.6 is 0 Å². The molecule has 0 spiro atoms. The number of sulfone groups is 1. The summed E-state index contributed by atoms with van der Waals surface area (Å²) in [5.74, 6) is -0.627. The van der Waals surface area contributed by atoms with Crippen LogP contribution in [0.3, 0.4) is 0 Å². The molecule has 0 N–H and O–H groups in total. The standard InChI is InChI=1S/C16H17NO4S/c1-17(21-2)16(18)15-11-7-6-8-13(15)12-22(19,20)14-9-4-3-5-10-14/h3-11H,12H2,1-2H3. The van der Waals surface area contributed by atoms with Crippen LogP contribution in [0, 0.1) is 0 Å². The normalized spacial score (nSPS) is 11.2. The van der Waals surface area contributed by atoms with E-state index in [1.165, 1.54) is 14.2 Å². The number of nitrogens with zero attached hydrogens (tertiary/aromatic N) is 1. The molecule has 0 heterocycles. The van der Waals surface area contributed by atoms with E-state index in [0.29, 0.717) is 11.1 Å². The fourth-order valence-electron chi connectivity index (χ4n) is 2.02. The lowest BCUT2D eigenvalue weighted by Gasteiger charge is -2.16. The maximum Gasteiger partial charge on any atom is 0.277 e. The van der Waals surface area contributed by atoms with Crippen molar-refractivity contribution in [3.05, 3.63) is 65.7 Å². The summed E-state index contributed by atoms with van der Waals surface area (Å²) < 4.78 is 24.9. The van der Waals surface area contributed by atoms with E-state index < -0.39 is 9.84 Å². The zero-order chi connectivity index (χ0) is 16.2. The summed E-state index contributed by atoms with van der Waals surface area (Å²) in [7, 11) is -0.660. The van der Waals surface area contributed by atoms with Gasteiger partial charge in [-0.25, -0.2) is 13.5 Å². The molecule has 6 heteroatoms. The van der Waals surface area contributed by atoms with E-state index in [4.69, 9.17) is 4.84 Å². The summed E-state index contributed by atoms with van der Waals surface area (Å²) in [6.45, 7) is 0. The molecule has 0 atom stereocenters. The predicted molar refractivity (Wildman–Crippen MR) is 82.9 cm³/mol.